The highest BCUT2D eigenvalue weighted by Crippen LogP contribution is 2.10. The minimum Gasteiger partial charge on any atom is -0.392 e. The number of esters is 2. The zero-order valence-electron chi connectivity index (χ0n) is 16.7. The normalized spacial score (nSPS) is 11.8. The Hall–Kier alpha value is -1.21. The molecule has 0 spiro atoms. The highest BCUT2D eigenvalue weighted by atomic mass is 32.2. The summed E-state index contributed by atoms with van der Waals surface area (Å²) in [5, 5.41) is 0. The van der Waals surface area contributed by atoms with Gasteiger partial charge in [0, 0.05) is 6.42 Å². The van der Waals surface area contributed by atoms with Gasteiger partial charge < -0.3 is 4.74 Å². The van der Waals surface area contributed by atoms with Crippen molar-refractivity contribution in [2.75, 3.05) is 5.75 Å². The first-order valence-corrected chi connectivity index (χ1v) is 11.8. The topological polar surface area (TPSA) is 97.7 Å². The van der Waals surface area contributed by atoms with E-state index in [9.17, 15) is 18.0 Å². The second-order valence-electron chi connectivity index (χ2n) is 6.91. The van der Waals surface area contributed by atoms with Crippen LogP contribution in [0.3, 0.4) is 0 Å². The van der Waals surface area contributed by atoms with Crippen molar-refractivity contribution in [1.29, 1.82) is 0 Å². The van der Waals surface area contributed by atoms with Gasteiger partial charge in [0.2, 0.25) is 0 Å². The van der Waals surface area contributed by atoms with Crippen LogP contribution in [0, 0.1) is 0 Å². The molecule has 0 saturated carbocycles. The third kappa shape index (κ3) is 21.0. The molecule has 7 heteroatoms. The summed E-state index contributed by atoms with van der Waals surface area (Å²) in [5.74, 6) is -3.18. The zero-order valence-corrected chi connectivity index (χ0v) is 17.5. The van der Waals surface area contributed by atoms with Gasteiger partial charge in [-0.2, -0.15) is 8.42 Å². The van der Waals surface area contributed by atoms with Crippen molar-refractivity contribution in [2.45, 2.75) is 96.8 Å². The maximum Gasteiger partial charge on any atom is 0.331 e. The van der Waals surface area contributed by atoms with E-state index in [2.05, 4.69) is 23.8 Å². The summed E-state index contributed by atoms with van der Waals surface area (Å²) in [6, 6.07) is 0. The molecule has 0 aromatic carbocycles. The van der Waals surface area contributed by atoms with E-state index in [0.29, 0.717) is 6.42 Å². The van der Waals surface area contributed by atoms with Crippen molar-refractivity contribution >= 4 is 22.1 Å². The molecule has 0 saturated heterocycles. The van der Waals surface area contributed by atoms with Crippen molar-refractivity contribution in [2.24, 2.45) is 0 Å². The molecular weight excluding hydrogens is 368 g/mol. The predicted molar refractivity (Wildman–Crippen MR) is 107 cm³/mol. The summed E-state index contributed by atoms with van der Waals surface area (Å²) >= 11 is 0. The van der Waals surface area contributed by atoms with Crippen molar-refractivity contribution < 1.29 is 27.3 Å². The molecule has 0 atom stereocenters. The minimum absolute atomic E-state index is 0.0787. The smallest absolute Gasteiger partial charge is 0.331 e. The van der Waals surface area contributed by atoms with Gasteiger partial charge in [0.25, 0.3) is 10.1 Å². The molecule has 0 fully saturated rings. The SMILES string of the molecule is CCCCCCCCC=CCCCCCCCC(=O)OC(=O)CS(=O)(=O)O. The van der Waals surface area contributed by atoms with E-state index in [4.69, 9.17) is 4.55 Å². The number of ether oxygens (including phenoxy) is 1. The Morgan fingerprint density at radius 1 is 0.778 bits per heavy atom. The Kier molecular flexibility index (Phi) is 16.2. The Bertz CT molecular complexity index is 525. The van der Waals surface area contributed by atoms with Gasteiger partial charge in [-0.15, -0.1) is 0 Å². The first-order valence-electron chi connectivity index (χ1n) is 10.2. The molecule has 0 bridgehead atoms. The lowest BCUT2D eigenvalue weighted by atomic mass is 10.1. The van der Waals surface area contributed by atoms with Crippen LogP contribution in [0.2, 0.25) is 0 Å². The summed E-state index contributed by atoms with van der Waals surface area (Å²) in [5.41, 5.74) is 0. The molecule has 0 aliphatic carbocycles. The number of carbonyl (C=O) groups excluding carboxylic acids is 2. The fourth-order valence-corrected chi connectivity index (χ4v) is 3.05. The fourth-order valence-electron chi connectivity index (χ4n) is 2.70. The maximum atomic E-state index is 11.3. The molecule has 0 aromatic heterocycles. The van der Waals surface area contributed by atoms with Crippen LogP contribution >= 0.6 is 0 Å². The number of hydrogen-bond donors (Lipinski definition) is 1. The monoisotopic (exact) mass is 404 g/mol. The summed E-state index contributed by atoms with van der Waals surface area (Å²) < 4.78 is 33.7. The molecule has 0 aliphatic heterocycles. The highest BCUT2D eigenvalue weighted by Gasteiger charge is 2.17. The van der Waals surface area contributed by atoms with E-state index >= 15 is 0 Å². The van der Waals surface area contributed by atoms with Crippen LogP contribution in [0.25, 0.3) is 0 Å². The molecule has 0 aromatic rings. The molecule has 6 nitrogen and oxygen atoms in total. The number of unbranched alkanes of at least 4 members (excludes halogenated alkanes) is 11. The summed E-state index contributed by atoms with van der Waals surface area (Å²) in [6.45, 7) is 2.23. The van der Waals surface area contributed by atoms with E-state index < -0.39 is 27.8 Å². The standard InChI is InChI=1S/C20H36O6S/c1-2-3-4-5-6-7-8-9-10-11-12-13-14-15-16-17-19(21)26-20(22)18-27(23,24)25/h9-10H,2-8,11-18H2,1H3,(H,23,24,25). The summed E-state index contributed by atoms with van der Waals surface area (Å²) in [4.78, 5) is 22.4. The van der Waals surface area contributed by atoms with E-state index in [1.807, 2.05) is 0 Å². The van der Waals surface area contributed by atoms with E-state index in [0.717, 1.165) is 32.1 Å². The van der Waals surface area contributed by atoms with Crippen LogP contribution < -0.4 is 0 Å². The Labute approximate surface area is 164 Å². The Morgan fingerprint density at radius 3 is 1.78 bits per heavy atom. The molecular formula is C20H36O6S. The maximum absolute atomic E-state index is 11.3. The lowest BCUT2D eigenvalue weighted by Gasteiger charge is -2.02. The average Bonchev–Trinajstić information content (AvgIpc) is 2.56. The lowest BCUT2D eigenvalue weighted by molar-refractivity contribution is -0.157. The third-order valence-electron chi connectivity index (χ3n) is 4.17. The van der Waals surface area contributed by atoms with Crippen molar-refractivity contribution in [1.82, 2.24) is 0 Å². The van der Waals surface area contributed by atoms with Crippen LogP contribution in [-0.4, -0.2) is 30.7 Å². The molecule has 0 unspecified atom stereocenters. The van der Waals surface area contributed by atoms with Gasteiger partial charge in [0.1, 0.15) is 0 Å². The van der Waals surface area contributed by atoms with E-state index in [1.54, 1.807) is 0 Å². The van der Waals surface area contributed by atoms with Crippen molar-refractivity contribution in [3.63, 3.8) is 0 Å². The van der Waals surface area contributed by atoms with E-state index in [-0.39, 0.29) is 6.42 Å². The van der Waals surface area contributed by atoms with Crippen LogP contribution in [-0.2, 0) is 24.4 Å². The van der Waals surface area contributed by atoms with Gasteiger partial charge in [-0.25, -0.2) is 0 Å². The number of hydrogen-bond acceptors (Lipinski definition) is 5. The molecule has 158 valence electrons. The second-order valence-corrected chi connectivity index (χ2v) is 8.36. The quantitative estimate of drug-likeness (QED) is 0.121. The van der Waals surface area contributed by atoms with Crippen LogP contribution in [0.15, 0.2) is 12.2 Å². The van der Waals surface area contributed by atoms with Gasteiger partial charge in [0.05, 0.1) is 0 Å². The van der Waals surface area contributed by atoms with Gasteiger partial charge in [-0.05, 0) is 32.1 Å². The van der Waals surface area contributed by atoms with Crippen molar-refractivity contribution in [3.8, 4) is 0 Å². The Morgan fingerprint density at radius 2 is 1.26 bits per heavy atom. The number of carbonyl (C=O) groups is 2. The first-order chi connectivity index (χ1) is 12.8. The fraction of sp³-hybridized carbons (Fsp3) is 0.800. The summed E-state index contributed by atoms with van der Waals surface area (Å²) in [7, 11) is -4.45. The van der Waals surface area contributed by atoms with Gasteiger partial charge in [-0.3, -0.25) is 14.1 Å². The van der Waals surface area contributed by atoms with Crippen LogP contribution in [0.1, 0.15) is 96.8 Å². The average molecular weight is 405 g/mol. The summed E-state index contributed by atoms with van der Waals surface area (Å²) in [6.07, 6.45) is 19.5. The molecule has 27 heavy (non-hydrogen) atoms. The predicted octanol–water partition coefficient (Wildman–Crippen LogP) is 4.98. The molecule has 1 N–H and O–H groups in total. The number of rotatable bonds is 17. The highest BCUT2D eigenvalue weighted by molar-refractivity contribution is 7.86. The Balaban J connectivity index is 3.40. The zero-order chi connectivity index (χ0) is 20.4. The number of allylic oxidation sites excluding steroid dienone is 2. The molecule has 0 radical (unpaired) electrons. The van der Waals surface area contributed by atoms with Gasteiger partial charge >= 0.3 is 11.9 Å². The van der Waals surface area contributed by atoms with Crippen molar-refractivity contribution in [3.05, 3.63) is 12.2 Å². The molecule has 0 amide bonds. The first kappa shape index (κ1) is 25.8. The molecule has 0 aliphatic rings. The minimum atomic E-state index is -4.45. The molecule has 0 rings (SSSR count). The lowest BCUT2D eigenvalue weighted by Crippen LogP contribution is -2.20. The van der Waals surface area contributed by atoms with Crippen LogP contribution in [0.5, 0.6) is 0 Å². The van der Waals surface area contributed by atoms with Gasteiger partial charge in [0.15, 0.2) is 5.75 Å². The van der Waals surface area contributed by atoms with E-state index in [1.165, 1.54) is 44.9 Å². The van der Waals surface area contributed by atoms with Crippen LogP contribution in [0.4, 0.5) is 0 Å². The third-order valence-corrected chi connectivity index (χ3v) is 4.77. The largest absolute Gasteiger partial charge is 0.392 e. The second kappa shape index (κ2) is 16.9. The van der Waals surface area contributed by atoms with Gasteiger partial charge in [-0.1, -0.05) is 70.4 Å². The molecule has 0 heterocycles.